The number of phenolic OH excluding ortho intramolecular Hbond substituents is 1. The summed E-state index contributed by atoms with van der Waals surface area (Å²) in [5.74, 6) is -0.405. The topological polar surface area (TPSA) is 95.6 Å². The van der Waals surface area contributed by atoms with E-state index in [1.54, 1.807) is 0 Å². The van der Waals surface area contributed by atoms with E-state index in [-0.39, 0.29) is 23.8 Å². The first-order valence-corrected chi connectivity index (χ1v) is 6.00. The molecule has 1 rings (SSSR count). The number of amides is 1. The predicted molar refractivity (Wildman–Crippen MR) is 70.4 cm³/mol. The Labute approximate surface area is 107 Å². The number of carbonyl (C=O) groups is 1. The highest BCUT2D eigenvalue weighted by molar-refractivity contribution is 5.99. The van der Waals surface area contributed by atoms with Crippen molar-refractivity contribution in [2.75, 3.05) is 12.3 Å². The van der Waals surface area contributed by atoms with E-state index in [0.717, 1.165) is 0 Å². The lowest BCUT2D eigenvalue weighted by Gasteiger charge is -2.30. The van der Waals surface area contributed by atoms with Gasteiger partial charge in [0.15, 0.2) is 0 Å². The molecule has 0 spiro atoms. The molecule has 1 aromatic carbocycles. The molecule has 0 aromatic heterocycles. The van der Waals surface area contributed by atoms with Crippen LogP contribution in [0.1, 0.15) is 37.0 Å². The third-order valence-electron chi connectivity index (χ3n) is 3.32. The third kappa shape index (κ3) is 2.92. The quantitative estimate of drug-likeness (QED) is 0.468. The number of nitrogens with two attached hydrogens (primary N) is 1. The fraction of sp³-hybridized carbons (Fsp3) is 0.462. The van der Waals surface area contributed by atoms with Crippen molar-refractivity contribution in [3.63, 3.8) is 0 Å². The van der Waals surface area contributed by atoms with Gasteiger partial charge in [-0.05, 0) is 31.0 Å². The first-order valence-electron chi connectivity index (χ1n) is 6.00. The van der Waals surface area contributed by atoms with Crippen molar-refractivity contribution < 1.29 is 15.0 Å². The van der Waals surface area contributed by atoms with E-state index in [0.29, 0.717) is 18.5 Å². The summed E-state index contributed by atoms with van der Waals surface area (Å²) in [5, 5.41) is 21.6. The van der Waals surface area contributed by atoms with Gasteiger partial charge in [0.1, 0.15) is 5.75 Å². The number of benzene rings is 1. The van der Waals surface area contributed by atoms with Crippen molar-refractivity contribution in [3.8, 4) is 5.75 Å². The first kappa shape index (κ1) is 14.3. The number of aliphatic hydroxyl groups is 1. The molecule has 0 bridgehead atoms. The Morgan fingerprint density at radius 3 is 2.50 bits per heavy atom. The molecular formula is C13H20N2O3. The van der Waals surface area contributed by atoms with E-state index in [2.05, 4.69) is 5.32 Å². The molecule has 5 nitrogen and oxygen atoms in total. The van der Waals surface area contributed by atoms with E-state index >= 15 is 0 Å². The molecule has 0 heterocycles. The first-order chi connectivity index (χ1) is 8.48. The SMILES string of the molecule is CCC(CC)(CO)NC(=O)c1cc(O)ccc1N. The maximum absolute atomic E-state index is 12.1. The molecule has 0 aliphatic rings. The Morgan fingerprint density at radius 1 is 1.39 bits per heavy atom. The van der Waals surface area contributed by atoms with Gasteiger partial charge in [-0.15, -0.1) is 0 Å². The maximum Gasteiger partial charge on any atom is 0.254 e. The van der Waals surface area contributed by atoms with Gasteiger partial charge in [-0.3, -0.25) is 4.79 Å². The molecule has 0 fully saturated rings. The molecule has 0 saturated carbocycles. The van der Waals surface area contributed by atoms with Gasteiger partial charge in [0.05, 0.1) is 17.7 Å². The number of hydrogen-bond acceptors (Lipinski definition) is 4. The standard InChI is InChI=1S/C13H20N2O3/c1-3-13(4-2,8-16)15-12(18)10-7-9(17)5-6-11(10)14/h5-7,16-17H,3-4,8,14H2,1-2H3,(H,15,18). The minimum Gasteiger partial charge on any atom is -0.508 e. The molecule has 0 unspecified atom stereocenters. The van der Waals surface area contributed by atoms with Crippen LogP contribution in [0.5, 0.6) is 5.75 Å². The van der Waals surface area contributed by atoms with Crippen LogP contribution in [0.25, 0.3) is 0 Å². The molecule has 5 heteroatoms. The minimum absolute atomic E-state index is 0.0167. The van der Waals surface area contributed by atoms with Crippen LogP contribution < -0.4 is 11.1 Å². The molecule has 1 aromatic rings. The Balaban J connectivity index is 2.97. The number of anilines is 1. The number of nitrogen functional groups attached to an aromatic ring is 1. The van der Waals surface area contributed by atoms with E-state index in [4.69, 9.17) is 5.73 Å². The number of phenols is 1. The molecule has 100 valence electrons. The number of nitrogens with one attached hydrogen (secondary N) is 1. The van der Waals surface area contributed by atoms with Gasteiger partial charge < -0.3 is 21.3 Å². The van der Waals surface area contributed by atoms with Crippen LogP contribution in [0.15, 0.2) is 18.2 Å². The van der Waals surface area contributed by atoms with Crippen LogP contribution in [0, 0.1) is 0 Å². The maximum atomic E-state index is 12.1. The van der Waals surface area contributed by atoms with Crippen molar-refractivity contribution >= 4 is 11.6 Å². The van der Waals surface area contributed by atoms with Crippen LogP contribution in [-0.4, -0.2) is 28.3 Å². The Kier molecular flexibility index (Phi) is 4.55. The predicted octanol–water partition coefficient (Wildman–Crippen LogP) is 1.26. The molecule has 5 N–H and O–H groups in total. The minimum atomic E-state index is -0.644. The van der Waals surface area contributed by atoms with Crippen molar-refractivity contribution in [2.45, 2.75) is 32.2 Å². The highest BCUT2D eigenvalue weighted by atomic mass is 16.3. The zero-order valence-corrected chi connectivity index (χ0v) is 10.7. The molecule has 18 heavy (non-hydrogen) atoms. The van der Waals surface area contributed by atoms with Crippen LogP contribution in [-0.2, 0) is 0 Å². The number of aromatic hydroxyl groups is 1. The van der Waals surface area contributed by atoms with Gasteiger partial charge >= 0.3 is 0 Å². The average Bonchev–Trinajstić information content (AvgIpc) is 2.38. The lowest BCUT2D eigenvalue weighted by atomic mass is 9.93. The second-order valence-corrected chi connectivity index (χ2v) is 4.37. The summed E-state index contributed by atoms with van der Waals surface area (Å²) in [5.41, 5.74) is 5.57. The lowest BCUT2D eigenvalue weighted by molar-refractivity contribution is 0.0818. The van der Waals surface area contributed by atoms with Crippen molar-refractivity contribution in [3.05, 3.63) is 23.8 Å². The van der Waals surface area contributed by atoms with Crippen molar-refractivity contribution in [1.29, 1.82) is 0 Å². The normalized spacial score (nSPS) is 11.3. The fourth-order valence-corrected chi connectivity index (χ4v) is 1.74. The number of hydrogen-bond donors (Lipinski definition) is 4. The molecular weight excluding hydrogens is 232 g/mol. The fourth-order valence-electron chi connectivity index (χ4n) is 1.74. The number of carbonyl (C=O) groups excluding carboxylic acids is 1. The van der Waals surface area contributed by atoms with Gasteiger partial charge in [-0.25, -0.2) is 0 Å². The average molecular weight is 252 g/mol. The van der Waals surface area contributed by atoms with E-state index in [1.807, 2.05) is 13.8 Å². The van der Waals surface area contributed by atoms with Crippen LogP contribution in [0.2, 0.25) is 0 Å². The molecule has 0 radical (unpaired) electrons. The number of rotatable bonds is 5. The molecule has 0 atom stereocenters. The number of aliphatic hydroxyl groups excluding tert-OH is 1. The highest BCUT2D eigenvalue weighted by Crippen LogP contribution is 2.21. The van der Waals surface area contributed by atoms with Crippen molar-refractivity contribution in [2.24, 2.45) is 0 Å². The third-order valence-corrected chi connectivity index (χ3v) is 3.32. The van der Waals surface area contributed by atoms with Gasteiger partial charge in [0, 0.05) is 5.69 Å². The molecule has 1 amide bonds. The zero-order valence-electron chi connectivity index (χ0n) is 10.7. The summed E-state index contributed by atoms with van der Waals surface area (Å²) in [6, 6.07) is 4.21. The second-order valence-electron chi connectivity index (χ2n) is 4.37. The van der Waals surface area contributed by atoms with Gasteiger partial charge in [0.25, 0.3) is 5.91 Å². The van der Waals surface area contributed by atoms with Gasteiger partial charge in [-0.2, -0.15) is 0 Å². The lowest BCUT2D eigenvalue weighted by Crippen LogP contribution is -2.50. The second kappa shape index (κ2) is 5.73. The van der Waals surface area contributed by atoms with E-state index < -0.39 is 5.54 Å². The Morgan fingerprint density at radius 2 is 2.00 bits per heavy atom. The van der Waals surface area contributed by atoms with Crippen LogP contribution in [0.3, 0.4) is 0 Å². The largest absolute Gasteiger partial charge is 0.508 e. The summed E-state index contributed by atoms with van der Waals surface area (Å²) in [4.78, 5) is 12.1. The summed E-state index contributed by atoms with van der Waals surface area (Å²) >= 11 is 0. The van der Waals surface area contributed by atoms with Gasteiger partial charge in [0.2, 0.25) is 0 Å². The summed E-state index contributed by atoms with van der Waals surface area (Å²) in [6.07, 6.45) is 1.23. The Bertz CT molecular complexity index is 420. The molecule has 0 aliphatic carbocycles. The van der Waals surface area contributed by atoms with Crippen molar-refractivity contribution in [1.82, 2.24) is 5.32 Å². The monoisotopic (exact) mass is 252 g/mol. The summed E-state index contributed by atoms with van der Waals surface area (Å²) in [7, 11) is 0. The molecule has 0 saturated heterocycles. The smallest absolute Gasteiger partial charge is 0.254 e. The van der Waals surface area contributed by atoms with Gasteiger partial charge in [-0.1, -0.05) is 13.8 Å². The zero-order chi connectivity index (χ0) is 13.8. The summed E-state index contributed by atoms with van der Waals surface area (Å²) in [6.45, 7) is 3.65. The Hall–Kier alpha value is -1.75. The van der Waals surface area contributed by atoms with E-state index in [9.17, 15) is 15.0 Å². The highest BCUT2D eigenvalue weighted by Gasteiger charge is 2.28. The summed E-state index contributed by atoms with van der Waals surface area (Å²) < 4.78 is 0. The van der Waals surface area contributed by atoms with Crippen LogP contribution in [0.4, 0.5) is 5.69 Å². The molecule has 0 aliphatic heterocycles. The van der Waals surface area contributed by atoms with Crippen LogP contribution >= 0.6 is 0 Å². The van der Waals surface area contributed by atoms with E-state index in [1.165, 1.54) is 18.2 Å².